The number of aliphatic hydroxyl groups is 1. The molecule has 1 aromatic rings. The fraction of sp³-hybridized carbons (Fsp3) is 0.786. The van der Waals surface area contributed by atoms with Gasteiger partial charge in [0.25, 0.3) is 5.82 Å². The largest absolute Gasteiger partial charge is 0.455 e. The second-order valence-electron chi connectivity index (χ2n) is 6.19. The maximum absolute atomic E-state index is 12.8. The lowest BCUT2D eigenvalue weighted by atomic mass is 9.85. The van der Waals surface area contributed by atoms with E-state index in [4.69, 9.17) is 9.63 Å². The molecule has 2 fully saturated rings. The van der Waals surface area contributed by atoms with Crippen molar-refractivity contribution in [1.29, 1.82) is 0 Å². The Kier molecular flexibility index (Phi) is 4.52. The van der Waals surface area contributed by atoms with Crippen LogP contribution in [0, 0.1) is 0 Å². The van der Waals surface area contributed by atoms with E-state index >= 15 is 0 Å². The lowest BCUT2D eigenvalue weighted by molar-refractivity contribution is -0.148. The molecule has 10 heteroatoms. The molecule has 1 spiro atoms. The highest BCUT2D eigenvalue weighted by atomic mass is 19.4. The monoisotopic (exact) mass is 348 g/mol. The molecule has 2 saturated heterocycles. The van der Waals surface area contributed by atoms with Crippen molar-refractivity contribution < 1.29 is 27.6 Å². The van der Waals surface area contributed by atoms with Gasteiger partial charge in [0.05, 0.1) is 13.2 Å². The van der Waals surface area contributed by atoms with Crippen molar-refractivity contribution in [3.8, 4) is 0 Å². The first-order chi connectivity index (χ1) is 11.4. The molecule has 0 aliphatic carbocycles. The summed E-state index contributed by atoms with van der Waals surface area (Å²) in [5, 5.41) is 12.1. The van der Waals surface area contributed by atoms with Crippen LogP contribution in [0.2, 0.25) is 0 Å². The minimum Gasteiger partial charge on any atom is -0.395 e. The van der Waals surface area contributed by atoms with Crippen molar-refractivity contribution in [2.75, 3.05) is 26.2 Å². The van der Waals surface area contributed by atoms with Crippen molar-refractivity contribution in [3.05, 3.63) is 11.7 Å². The zero-order valence-corrected chi connectivity index (χ0v) is 13.1. The van der Waals surface area contributed by atoms with E-state index in [2.05, 4.69) is 10.1 Å². The fourth-order valence-corrected chi connectivity index (χ4v) is 3.69. The number of piperidine rings is 1. The molecule has 3 rings (SSSR count). The number of β-amino-alcohol motifs (C(OH)–C–C–N with tert-alkyl or cyclic N) is 1. The summed E-state index contributed by atoms with van der Waals surface area (Å²) < 4.78 is 42.4. The van der Waals surface area contributed by atoms with Gasteiger partial charge in [0, 0.05) is 13.1 Å². The van der Waals surface area contributed by atoms with Crippen LogP contribution in [-0.2, 0) is 17.5 Å². The average molecular weight is 348 g/mol. The first-order valence-corrected chi connectivity index (χ1v) is 7.92. The number of rotatable bonds is 4. The van der Waals surface area contributed by atoms with Gasteiger partial charge in [-0.2, -0.15) is 18.2 Å². The molecule has 2 aliphatic rings. The minimum atomic E-state index is -4.65. The van der Waals surface area contributed by atoms with Crippen LogP contribution in [0.1, 0.15) is 37.4 Å². The van der Waals surface area contributed by atoms with E-state index in [0.717, 1.165) is 12.8 Å². The van der Waals surface area contributed by atoms with E-state index in [1.807, 2.05) is 4.90 Å². The molecule has 0 bridgehead atoms. The predicted octanol–water partition coefficient (Wildman–Crippen LogP) is 1.04. The number of aliphatic hydroxyl groups excluding tert-OH is 1. The highest BCUT2D eigenvalue weighted by Gasteiger charge is 2.51. The Morgan fingerprint density at radius 3 is 2.58 bits per heavy atom. The molecule has 0 radical (unpaired) electrons. The zero-order chi connectivity index (χ0) is 17.4. The number of amides is 1. The quantitative estimate of drug-likeness (QED) is 0.875. The standard InChI is InChI=1S/C14H19F3N4O3/c15-14(16,17)11-18-10(24-19-11)9-21-6-2-4-13(21)3-1-5-20(7-8-22)12(13)23/h22H,1-9H2. The molecule has 2 aliphatic heterocycles. The third-order valence-corrected chi connectivity index (χ3v) is 4.75. The molecule has 134 valence electrons. The van der Waals surface area contributed by atoms with Gasteiger partial charge < -0.3 is 14.5 Å². The molecular weight excluding hydrogens is 329 g/mol. The summed E-state index contributed by atoms with van der Waals surface area (Å²) in [6, 6.07) is 0. The lowest BCUT2D eigenvalue weighted by Gasteiger charge is -2.44. The van der Waals surface area contributed by atoms with Gasteiger partial charge in [-0.15, -0.1) is 0 Å². The van der Waals surface area contributed by atoms with Crippen molar-refractivity contribution >= 4 is 5.91 Å². The molecule has 1 atom stereocenters. The van der Waals surface area contributed by atoms with Crippen LogP contribution in [0.25, 0.3) is 0 Å². The van der Waals surface area contributed by atoms with Gasteiger partial charge in [-0.25, -0.2) is 0 Å². The molecule has 0 aromatic carbocycles. The summed E-state index contributed by atoms with van der Waals surface area (Å²) in [6.07, 6.45) is -1.79. The van der Waals surface area contributed by atoms with Gasteiger partial charge in [0.1, 0.15) is 5.54 Å². The number of nitrogens with zero attached hydrogens (tertiary/aromatic N) is 4. The third kappa shape index (κ3) is 3.00. The van der Waals surface area contributed by atoms with Crippen molar-refractivity contribution in [2.24, 2.45) is 0 Å². The van der Waals surface area contributed by atoms with Gasteiger partial charge in [-0.1, -0.05) is 5.16 Å². The Hall–Kier alpha value is -1.68. The van der Waals surface area contributed by atoms with Crippen LogP contribution in [0.15, 0.2) is 4.52 Å². The summed E-state index contributed by atoms with van der Waals surface area (Å²) in [5.74, 6) is -1.52. The maximum atomic E-state index is 12.8. The summed E-state index contributed by atoms with van der Waals surface area (Å²) in [6.45, 7) is 1.35. The first kappa shape index (κ1) is 17.2. The van der Waals surface area contributed by atoms with Gasteiger partial charge in [-0.3, -0.25) is 9.69 Å². The van der Waals surface area contributed by atoms with Gasteiger partial charge in [-0.05, 0) is 32.2 Å². The normalized spacial score (nSPS) is 25.8. The highest BCUT2D eigenvalue weighted by molar-refractivity contribution is 5.87. The summed E-state index contributed by atoms with van der Waals surface area (Å²) in [4.78, 5) is 19.7. The van der Waals surface area contributed by atoms with E-state index in [0.29, 0.717) is 25.9 Å². The molecule has 24 heavy (non-hydrogen) atoms. The predicted molar refractivity (Wildman–Crippen MR) is 74.6 cm³/mol. The molecule has 1 unspecified atom stereocenters. The first-order valence-electron chi connectivity index (χ1n) is 7.92. The lowest BCUT2D eigenvalue weighted by Crippen LogP contribution is -2.60. The Morgan fingerprint density at radius 1 is 1.25 bits per heavy atom. The van der Waals surface area contributed by atoms with E-state index in [9.17, 15) is 18.0 Å². The second kappa shape index (κ2) is 6.32. The maximum Gasteiger partial charge on any atom is 0.455 e. The summed E-state index contributed by atoms with van der Waals surface area (Å²) >= 11 is 0. The van der Waals surface area contributed by atoms with E-state index in [1.165, 1.54) is 0 Å². The number of aromatic nitrogens is 2. The Labute approximate surface area is 136 Å². The van der Waals surface area contributed by atoms with E-state index in [-0.39, 0.29) is 31.5 Å². The average Bonchev–Trinajstić information content (AvgIpc) is 3.13. The number of alkyl halides is 3. The molecule has 3 heterocycles. The minimum absolute atomic E-state index is 0.0157. The smallest absolute Gasteiger partial charge is 0.395 e. The number of carbonyl (C=O) groups excluding carboxylic acids is 1. The number of carbonyl (C=O) groups is 1. The molecule has 0 saturated carbocycles. The zero-order valence-electron chi connectivity index (χ0n) is 13.1. The Bertz CT molecular complexity index is 604. The molecule has 7 nitrogen and oxygen atoms in total. The van der Waals surface area contributed by atoms with Crippen LogP contribution in [-0.4, -0.2) is 62.7 Å². The molecule has 1 N–H and O–H groups in total. The van der Waals surface area contributed by atoms with Crippen molar-refractivity contribution in [2.45, 2.75) is 43.9 Å². The third-order valence-electron chi connectivity index (χ3n) is 4.75. The van der Waals surface area contributed by atoms with E-state index < -0.39 is 17.5 Å². The number of hydrogen-bond acceptors (Lipinski definition) is 6. The second-order valence-corrected chi connectivity index (χ2v) is 6.19. The van der Waals surface area contributed by atoms with Gasteiger partial charge >= 0.3 is 6.18 Å². The molecular formula is C14H19F3N4O3. The Morgan fingerprint density at radius 2 is 1.96 bits per heavy atom. The topological polar surface area (TPSA) is 82.7 Å². The van der Waals surface area contributed by atoms with Gasteiger partial charge in [0.15, 0.2) is 0 Å². The fourth-order valence-electron chi connectivity index (χ4n) is 3.69. The van der Waals surface area contributed by atoms with Crippen LogP contribution in [0.4, 0.5) is 13.2 Å². The number of hydrogen-bond donors (Lipinski definition) is 1. The van der Waals surface area contributed by atoms with Crippen LogP contribution in [0.5, 0.6) is 0 Å². The number of likely N-dealkylation sites (tertiary alicyclic amines) is 2. The molecule has 1 aromatic heterocycles. The van der Waals surface area contributed by atoms with Crippen LogP contribution in [0.3, 0.4) is 0 Å². The highest BCUT2D eigenvalue weighted by Crippen LogP contribution is 2.39. The summed E-state index contributed by atoms with van der Waals surface area (Å²) in [5.41, 5.74) is -0.736. The van der Waals surface area contributed by atoms with E-state index in [1.54, 1.807) is 4.90 Å². The summed E-state index contributed by atoms with van der Waals surface area (Å²) in [7, 11) is 0. The van der Waals surface area contributed by atoms with Crippen molar-refractivity contribution in [1.82, 2.24) is 19.9 Å². The van der Waals surface area contributed by atoms with Crippen molar-refractivity contribution in [3.63, 3.8) is 0 Å². The molecule has 1 amide bonds. The van der Waals surface area contributed by atoms with Crippen LogP contribution < -0.4 is 0 Å². The SMILES string of the molecule is O=C1N(CCO)CCCC12CCCN2Cc1nc(C(F)(F)F)no1. The Balaban J connectivity index is 1.78. The van der Waals surface area contributed by atoms with Crippen LogP contribution >= 0.6 is 0 Å². The van der Waals surface area contributed by atoms with Gasteiger partial charge in [0.2, 0.25) is 11.8 Å². The number of halogens is 3.